The highest BCUT2D eigenvalue weighted by Gasteiger charge is 2.54. The molecule has 1 aliphatic heterocycles. The SMILES string of the molecule is Cc1cc(NC(=O)C2CCC(C3(C(N)=O)NCN=C3C(=O)NCC(C)(C)O)CC2)c(Cl)cc1F. The lowest BCUT2D eigenvalue weighted by molar-refractivity contribution is -0.126. The van der Waals surface area contributed by atoms with Crippen molar-refractivity contribution in [1.82, 2.24) is 10.6 Å². The van der Waals surface area contributed by atoms with Crippen LogP contribution in [0.4, 0.5) is 10.1 Å². The fourth-order valence-electron chi connectivity index (χ4n) is 4.60. The third-order valence-electron chi connectivity index (χ3n) is 6.47. The molecule has 2 aliphatic rings. The van der Waals surface area contributed by atoms with E-state index in [4.69, 9.17) is 17.3 Å². The van der Waals surface area contributed by atoms with Gasteiger partial charge >= 0.3 is 0 Å². The summed E-state index contributed by atoms with van der Waals surface area (Å²) in [6.07, 6.45) is 1.84. The molecule has 0 saturated heterocycles. The molecule has 0 bridgehead atoms. The third-order valence-corrected chi connectivity index (χ3v) is 6.78. The van der Waals surface area contributed by atoms with Crippen molar-refractivity contribution < 1.29 is 23.9 Å². The fraction of sp³-hybridized carbons (Fsp3) is 0.565. The van der Waals surface area contributed by atoms with Gasteiger partial charge in [-0.2, -0.15) is 0 Å². The molecule has 6 N–H and O–H groups in total. The lowest BCUT2D eigenvalue weighted by Gasteiger charge is -2.39. The van der Waals surface area contributed by atoms with Crippen molar-refractivity contribution in [3.63, 3.8) is 0 Å². The number of hydrogen-bond donors (Lipinski definition) is 5. The highest BCUT2D eigenvalue weighted by atomic mass is 35.5. The number of rotatable bonds is 7. The highest BCUT2D eigenvalue weighted by molar-refractivity contribution is 6.47. The number of primary amides is 1. The second-order valence-electron chi connectivity index (χ2n) is 9.63. The number of aryl methyl sites for hydroxylation is 1. The number of nitrogens with one attached hydrogen (secondary N) is 3. The monoisotopic (exact) mass is 495 g/mol. The van der Waals surface area contributed by atoms with Crippen LogP contribution in [0.5, 0.6) is 0 Å². The largest absolute Gasteiger partial charge is 0.389 e. The maximum Gasteiger partial charge on any atom is 0.267 e. The molecule has 1 aromatic carbocycles. The molecule has 1 aliphatic carbocycles. The van der Waals surface area contributed by atoms with E-state index in [0.717, 1.165) is 6.07 Å². The average molecular weight is 496 g/mol. The van der Waals surface area contributed by atoms with E-state index >= 15 is 0 Å². The summed E-state index contributed by atoms with van der Waals surface area (Å²) >= 11 is 6.07. The number of anilines is 1. The van der Waals surface area contributed by atoms with Gasteiger partial charge in [-0.15, -0.1) is 0 Å². The van der Waals surface area contributed by atoms with E-state index in [1.54, 1.807) is 20.8 Å². The Morgan fingerprint density at radius 2 is 1.94 bits per heavy atom. The van der Waals surface area contributed by atoms with Crippen molar-refractivity contribution in [2.24, 2.45) is 22.6 Å². The molecule has 1 saturated carbocycles. The maximum atomic E-state index is 13.6. The summed E-state index contributed by atoms with van der Waals surface area (Å²) in [6, 6.07) is 2.65. The molecular weight excluding hydrogens is 465 g/mol. The summed E-state index contributed by atoms with van der Waals surface area (Å²) < 4.78 is 13.6. The topological polar surface area (TPSA) is 146 Å². The van der Waals surface area contributed by atoms with Crippen LogP contribution in [0.2, 0.25) is 5.02 Å². The molecule has 0 spiro atoms. The molecule has 34 heavy (non-hydrogen) atoms. The highest BCUT2D eigenvalue weighted by Crippen LogP contribution is 2.39. The molecule has 1 heterocycles. The number of amides is 3. The second-order valence-corrected chi connectivity index (χ2v) is 10.0. The molecule has 3 rings (SSSR count). The number of halogens is 2. The molecular formula is C23H31ClFN5O4. The van der Waals surface area contributed by atoms with Crippen LogP contribution in [0.3, 0.4) is 0 Å². The van der Waals surface area contributed by atoms with Crippen molar-refractivity contribution >= 4 is 40.7 Å². The van der Waals surface area contributed by atoms with Gasteiger partial charge in [0, 0.05) is 12.5 Å². The van der Waals surface area contributed by atoms with Crippen LogP contribution in [0.1, 0.15) is 45.1 Å². The molecule has 1 fully saturated rings. The zero-order chi connectivity index (χ0) is 25.3. The quantitative estimate of drug-likeness (QED) is 0.390. The Morgan fingerprint density at radius 3 is 2.53 bits per heavy atom. The number of nitrogens with zero attached hydrogens (tertiary/aromatic N) is 1. The van der Waals surface area contributed by atoms with Crippen LogP contribution in [-0.2, 0) is 14.4 Å². The van der Waals surface area contributed by atoms with Gasteiger partial charge in [0.25, 0.3) is 5.91 Å². The third kappa shape index (κ3) is 5.39. The normalized spacial score (nSPS) is 24.9. The van der Waals surface area contributed by atoms with E-state index in [9.17, 15) is 23.9 Å². The minimum absolute atomic E-state index is 0.00530. The van der Waals surface area contributed by atoms with E-state index in [-0.39, 0.29) is 41.7 Å². The summed E-state index contributed by atoms with van der Waals surface area (Å²) in [5, 5.41) is 18.4. The minimum atomic E-state index is -1.44. The Kier molecular flexibility index (Phi) is 7.64. The molecule has 0 aromatic heterocycles. The number of benzene rings is 1. The number of aliphatic hydroxyl groups is 1. The molecule has 1 unspecified atom stereocenters. The van der Waals surface area contributed by atoms with Crippen LogP contribution in [0, 0.1) is 24.6 Å². The summed E-state index contributed by atoms with van der Waals surface area (Å²) in [4.78, 5) is 42.5. The molecule has 186 valence electrons. The lowest BCUT2D eigenvalue weighted by Crippen LogP contribution is -2.66. The number of hydrogen-bond acceptors (Lipinski definition) is 6. The fourth-order valence-corrected chi connectivity index (χ4v) is 4.80. The van der Waals surface area contributed by atoms with Gasteiger partial charge in [-0.25, -0.2) is 4.39 Å². The molecule has 9 nitrogen and oxygen atoms in total. The first-order chi connectivity index (χ1) is 15.8. The van der Waals surface area contributed by atoms with Gasteiger partial charge in [0.15, 0.2) is 0 Å². The Balaban J connectivity index is 1.69. The molecule has 0 radical (unpaired) electrons. The Bertz CT molecular complexity index is 1020. The maximum absolute atomic E-state index is 13.6. The first-order valence-electron chi connectivity index (χ1n) is 11.2. The lowest BCUT2D eigenvalue weighted by atomic mass is 9.69. The van der Waals surface area contributed by atoms with E-state index in [1.807, 2.05) is 0 Å². The van der Waals surface area contributed by atoms with Crippen LogP contribution < -0.4 is 21.7 Å². The summed E-state index contributed by atoms with van der Waals surface area (Å²) in [7, 11) is 0. The van der Waals surface area contributed by atoms with Crippen molar-refractivity contribution in [2.75, 3.05) is 18.5 Å². The van der Waals surface area contributed by atoms with Crippen LogP contribution in [0.25, 0.3) is 0 Å². The van der Waals surface area contributed by atoms with Crippen molar-refractivity contribution in [1.29, 1.82) is 0 Å². The first kappa shape index (κ1) is 26.1. The van der Waals surface area contributed by atoms with Crippen LogP contribution in [0.15, 0.2) is 17.1 Å². The number of carbonyl (C=O) groups is 3. The summed E-state index contributed by atoms with van der Waals surface area (Å²) in [6.45, 7) is 4.74. The van der Waals surface area contributed by atoms with E-state index in [1.165, 1.54) is 6.07 Å². The smallest absolute Gasteiger partial charge is 0.267 e. The number of aliphatic imine (C=N–C) groups is 1. The van der Waals surface area contributed by atoms with Gasteiger partial charge in [-0.3, -0.25) is 24.7 Å². The molecule has 11 heteroatoms. The Morgan fingerprint density at radius 1 is 1.29 bits per heavy atom. The Labute approximate surface area is 202 Å². The summed E-state index contributed by atoms with van der Waals surface area (Å²) in [5.74, 6) is -2.63. The van der Waals surface area contributed by atoms with Gasteiger partial charge in [-0.05, 0) is 70.1 Å². The summed E-state index contributed by atoms with van der Waals surface area (Å²) in [5.41, 5.74) is 3.92. The molecule has 1 atom stereocenters. The van der Waals surface area contributed by atoms with Gasteiger partial charge in [-0.1, -0.05) is 11.6 Å². The minimum Gasteiger partial charge on any atom is -0.389 e. The van der Waals surface area contributed by atoms with Gasteiger partial charge in [0.05, 0.1) is 23.0 Å². The van der Waals surface area contributed by atoms with Crippen LogP contribution >= 0.6 is 11.6 Å². The van der Waals surface area contributed by atoms with Gasteiger partial charge in [0.1, 0.15) is 17.1 Å². The first-order valence-corrected chi connectivity index (χ1v) is 11.6. The van der Waals surface area contributed by atoms with Crippen molar-refractivity contribution in [3.8, 4) is 0 Å². The molecule has 1 aromatic rings. The van der Waals surface area contributed by atoms with E-state index < -0.39 is 28.8 Å². The predicted octanol–water partition coefficient (Wildman–Crippen LogP) is 1.65. The predicted molar refractivity (Wildman–Crippen MR) is 127 cm³/mol. The second kappa shape index (κ2) is 9.97. The number of carbonyl (C=O) groups excluding carboxylic acids is 3. The van der Waals surface area contributed by atoms with Crippen LogP contribution in [-0.4, -0.2) is 52.9 Å². The van der Waals surface area contributed by atoms with E-state index in [2.05, 4.69) is 20.9 Å². The Hall–Kier alpha value is -2.56. The van der Waals surface area contributed by atoms with Crippen molar-refractivity contribution in [2.45, 2.75) is 57.6 Å². The van der Waals surface area contributed by atoms with E-state index in [0.29, 0.717) is 36.9 Å². The van der Waals surface area contributed by atoms with Crippen molar-refractivity contribution in [3.05, 3.63) is 28.5 Å². The average Bonchev–Trinajstić information content (AvgIpc) is 3.22. The zero-order valence-corrected chi connectivity index (χ0v) is 20.3. The number of nitrogens with two attached hydrogens (primary N) is 1. The van der Waals surface area contributed by atoms with Gasteiger partial charge < -0.3 is 21.5 Å². The molecule has 3 amide bonds. The standard InChI is InChI=1S/C23H31ClFN5O4/c1-12-8-17(15(24)9-16(12)25)30-19(31)13-4-6-14(7-5-13)23(21(26)33)18(28-11-29-23)20(32)27-10-22(2,3)34/h8-9,13-14,29,34H,4-7,10-11H2,1-3H3,(H2,26,33)(H,27,32)(H,30,31). The van der Waals surface area contributed by atoms with Gasteiger partial charge in [0.2, 0.25) is 11.8 Å². The zero-order valence-electron chi connectivity index (χ0n) is 19.5.